The number of carbonyl (C=O) groups excluding carboxylic acids is 1. The first-order valence-electron chi connectivity index (χ1n) is 7.75. The summed E-state index contributed by atoms with van der Waals surface area (Å²) in [5, 5.41) is 17.9. The highest BCUT2D eigenvalue weighted by Gasteiger charge is 2.09. The molecule has 5 N–H and O–H groups in total. The van der Waals surface area contributed by atoms with Crippen molar-refractivity contribution in [2.24, 2.45) is 10.9 Å². The second-order valence-electron chi connectivity index (χ2n) is 5.35. The van der Waals surface area contributed by atoms with Crippen molar-refractivity contribution in [1.29, 1.82) is 0 Å². The van der Waals surface area contributed by atoms with Crippen molar-refractivity contribution >= 4 is 23.9 Å². The van der Waals surface area contributed by atoms with Gasteiger partial charge in [-0.1, -0.05) is 30.3 Å². The number of amides is 1. The van der Waals surface area contributed by atoms with E-state index in [0.717, 1.165) is 11.1 Å². The second kappa shape index (κ2) is 9.07. The highest BCUT2D eigenvalue weighted by atomic mass is 16.4. The molecule has 2 aromatic carbocycles. The Bertz CT molecular complexity index is 774. The van der Waals surface area contributed by atoms with Gasteiger partial charge in [0.1, 0.15) is 6.34 Å². The van der Waals surface area contributed by atoms with Crippen LogP contribution in [0.5, 0.6) is 0 Å². The van der Waals surface area contributed by atoms with Gasteiger partial charge in [0, 0.05) is 24.2 Å². The van der Waals surface area contributed by atoms with Crippen LogP contribution in [0, 0.1) is 0 Å². The predicted octanol–water partition coefficient (Wildman–Crippen LogP) is 1.95. The molecule has 7 heteroatoms. The first kappa shape index (κ1) is 18.0. The van der Waals surface area contributed by atoms with Crippen LogP contribution in [-0.4, -0.2) is 23.3 Å². The average Bonchev–Trinajstić information content (AvgIpc) is 2.63. The molecule has 0 bridgehead atoms. The van der Waals surface area contributed by atoms with Gasteiger partial charge in [-0.2, -0.15) is 5.10 Å². The number of hydrazone groups is 1. The van der Waals surface area contributed by atoms with Gasteiger partial charge in [-0.05, 0) is 35.7 Å². The van der Waals surface area contributed by atoms with Crippen molar-refractivity contribution in [3.05, 3.63) is 65.2 Å². The highest BCUT2D eigenvalue weighted by molar-refractivity contribution is 5.95. The molecule has 25 heavy (non-hydrogen) atoms. The summed E-state index contributed by atoms with van der Waals surface area (Å²) in [5.74, 6) is 3.97. The molecule has 0 radical (unpaired) electrons. The van der Waals surface area contributed by atoms with Crippen molar-refractivity contribution < 1.29 is 14.7 Å². The average molecular weight is 340 g/mol. The van der Waals surface area contributed by atoms with E-state index < -0.39 is 5.97 Å². The molecule has 2 rings (SSSR count). The summed E-state index contributed by atoms with van der Waals surface area (Å²) < 4.78 is 0. The Kier molecular flexibility index (Phi) is 6.53. The lowest BCUT2D eigenvalue weighted by Crippen LogP contribution is -2.23. The molecule has 0 spiro atoms. The van der Waals surface area contributed by atoms with Crippen LogP contribution in [0.25, 0.3) is 0 Å². The van der Waals surface area contributed by atoms with Crippen LogP contribution in [0.2, 0.25) is 0 Å². The summed E-state index contributed by atoms with van der Waals surface area (Å²) in [7, 11) is 0. The number of aryl methyl sites for hydroxylation is 1. The topological polar surface area (TPSA) is 117 Å². The van der Waals surface area contributed by atoms with Crippen LogP contribution in [0.15, 0.2) is 53.6 Å². The smallest absolute Gasteiger partial charge is 0.303 e. The fourth-order valence-corrected chi connectivity index (χ4v) is 2.36. The zero-order valence-electron chi connectivity index (χ0n) is 13.6. The van der Waals surface area contributed by atoms with Crippen molar-refractivity contribution in [1.82, 2.24) is 5.32 Å². The van der Waals surface area contributed by atoms with E-state index >= 15 is 0 Å². The molecule has 0 aliphatic carbocycles. The minimum absolute atomic E-state index is 0.0569. The largest absolute Gasteiger partial charge is 0.481 e. The standard InChI is InChI=1S/C18H20N4O3/c19-22-12-21-16-7-3-6-14(10-16)18(25)20-11-15-5-2-1-4-13(15)8-9-17(23)24/h1-7,10,12H,8-9,11,19H2,(H,20,25)(H,21,22)(H,23,24). The highest BCUT2D eigenvalue weighted by Crippen LogP contribution is 2.13. The van der Waals surface area contributed by atoms with Crippen LogP contribution in [0.1, 0.15) is 27.9 Å². The fourth-order valence-electron chi connectivity index (χ4n) is 2.36. The van der Waals surface area contributed by atoms with Gasteiger partial charge >= 0.3 is 5.97 Å². The molecule has 0 heterocycles. The normalized spacial score (nSPS) is 10.6. The molecule has 0 aliphatic rings. The fraction of sp³-hybridized carbons (Fsp3) is 0.167. The Labute approximate surface area is 145 Å². The number of hydrogen-bond donors (Lipinski definition) is 4. The summed E-state index contributed by atoms with van der Waals surface area (Å²) in [6.07, 6.45) is 1.82. The number of nitrogens with two attached hydrogens (primary N) is 1. The first-order valence-corrected chi connectivity index (χ1v) is 7.75. The quantitative estimate of drug-likeness (QED) is 0.254. The molecule has 0 aliphatic heterocycles. The number of nitrogens with one attached hydrogen (secondary N) is 2. The molecule has 0 saturated carbocycles. The minimum Gasteiger partial charge on any atom is -0.481 e. The van der Waals surface area contributed by atoms with Crippen LogP contribution in [-0.2, 0) is 17.8 Å². The van der Waals surface area contributed by atoms with Gasteiger partial charge in [-0.3, -0.25) is 9.59 Å². The van der Waals surface area contributed by atoms with E-state index in [9.17, 15) is 9.59 Å². The lowest BCUT2D eigenvalue weighted by atomic mass is 10.0. The molecule has 0 aromatic heterocycles. The number of anilines is 1. The van der Waals surface area contributed by atoms with E-state index in [-0.39, 0.29) is 12.3 Å². The van der Waals surface area contributed by atoms with Gasteiger partial charge in [-0.25, -0.2) is 0 Å². The number of rotatable bonds is 8. The molecule has 7 nitrogen and oxygen atoms in total. The van der Waals surface area contributed by atoms with Crippen molar-refractivity contribution in [3.63, 3.8) is 0 Å². The van der Waals surface area contributed by atoms with Crippen molar-refractivity contribution in [3.8, 4) is 0 Å². The Morgan fingerprint density at radius 3 is 2.60 bits per heavy atom. The van der Waals surface area contributed by atoms with E-state index in [0.29, 0.717) is 24.2 Å². The third kappa shape index (κ3) is 5.65. The maximum Gasteiger partial charge on any atom is 0.303 e. The lowest BCUT2D eigenvalue weighted by molar-refractivity contribution is -0.136. The Hall–Kier alpha value is -3.35. The zero-order valence-corrected chi connectivity index (χ0v) is 13.6. The van der Waals surface area contributed by atoms with Gasteiger partial charge in [0.15, 0.2) is 0 Å². The van der Waals surface area contributed by atoms with Crippen molar-refractivity contribution in [2.45, 2.75) is 19.4 Å². The summed E-state index contributed by atoms with van der Waals surface area (Å²) in [6, 6.07) is 14.4. The summed E-state index contributed by atoms with van der Waals surface area (Å²) >= 11 is 0. The lowest BCUT2D eigenvalue weighted by Gasteiger charge is -2.11. The SMILES string of the molecule is NN=CNc1cccc(C(=O)NCc2ccccc2CCC(=O)O)c1. The predicted molar refractivity (Wildman–Crippen MR) is 96.3 cm³/mol. The molecule has 0 fully saturated rings. The third-order valence-corrected chi connectivity index (χ3v) is 3.60. The zero-order chi connectivity index (χ0) is 18.1. The summed E-state index contributed by atoms with van der Waals surface area (Å²) in [6.45, 7) is 0.330. The first-order chi connectivity index (χ1) is 12.1. The van der Waals surface area contributed by atoms with E-state index in [1.54, 1.807) is 24.3 Å². The van der Waals surface area contributed by atoms with Gasteiger partial charge in [0.25, 0.3) is 5.91 Å². The van der Waals surface area contributed by atoms with Crippen LogP contribution in [0.3, 0.4) is 0 Å². The maximum absolute atomic E-state index is 12.3. The van der Waals surface area contributed by atoms with Crippen molar-refractivity contribution in [2.75, 3.05) is 5.32 Å². The Morgan fingerprint density at radius 1 is 1.12 bits per heavy atom. The monoisotopic (exact) mass is 340 g/mol. The van der Waals surface area contributed by atoms with Crippen LogP contribution >= 0.6 is 0 Å². The van der Waals surface area contributed by atoms with Gasteiger partial charge in [0.2, 0.25) is 0 Å². The molecule has 0 saturated heterocycles. The summed E-state index contributed by atoms with van der Waals surface area (Å²) in [4.78, 5) is 23.1. The van der Waals surface area contributed by atoms with Gasteiger partial charge in [-0.15, -0.1) is 0 Å². The molecule has 130 valence electrons. The second-order valence-corrected chi connectivity index (χ2v) is 5.35. The van der Waals surface area contributed by atoms with Gasteiger partial charge in [0.05, 0.1) is 0 Å². The molecule has 1 amide bonds. The number of carboxylic acids is 1. The Morgan fingerprint density at radius 2 is 1.88 bits per heavy atom. The molecule has 2 aromatic rings. The molecular weight excluding hydrogens is 320 g/mol. The minimum atomic E-state index is -0.843. The number of benzene rings is 2. The number of carbonyl (C=O) groups is 2. The number of aliphatic carboxylic acids is 1. The summed E-state index contributed by atoms with van der Waals surface area (Å²) in [5.41, 5.74) is 3.02. The third-order valence-electron chi connectivity index (χ3n) is 3.60. The Balaban J connectivity index is 2.01. The van der Waals surface area contributed by atoms with E-state index in [1.807, 2.05) is 24.3 Å². The molecule has 0 atom stereocenters. The molecule has 0 unspecified atom stereocenters. The number of carboxylic acid groups (broad SMARTS) is 1. The van der Waals surface area contributed by atoms with Crippen LogP contribution < -0.4 is 16.5 Å². The molecular formula is C18H20N4O3. The van der Waals surface area contributed by atoms with E-state index in [2.05, 4.69) is 15.7 Å². The van der Waals surface area contributed by atoms with Crippen LogP contribution in [0.4, 0.5) is 5.69 Å². The number of nitrogens with zero attached hydrogens (tertiary/aromatic N) is 1. The number of hydrogen-bond acceptors (Lipinski definition) is 4. The van der Waals surface area contributed by atoms with E-state index in [4.69, 9.17) is 10.9 Å². The van der Waals surface area contributed by atoms with E-state index in [1.165, 1.54) is 6.34 Å². The van der Waals surface area contributed by atoms with Gasteiger partial charge < -0.3 is 21.6 Å². The maximum atomic E-state index is 12.3.